The monoisotopic (exact) mass is 947 g/mol. The van der Waals surface area contributed by atoms with E-state index in [2.05, 4.69) is 99.8 Å². The molecular formula is C62H106O6. The lowest BCUT2D eigenvalue weighted by Crippen LogP contribution is -2.30. The van der Waals surface area contributed by atoms with Gasteiger partial charge in [-0.2, -0.15) is 0 Å². The van der Waals surface area contributed by atoms with Crippen molar-refractivity contribution in [3.63, 3.8) is 0 Å². The SMILES string of the molecule is CCCCC/C=C/C=C/CCCCCCCCCCCCC(=O)OCC(COC(=O)CC/C=C/C/C=C/CCCCCCCC)OC(=O)CCCCCCC/C=C/C=C/C=C/CCCCCCC. The van der Waals surface area contributed by atoms with E-state index < -0.39 is 6.10 Å². The molecule has 390 valence electrons. The van der Waals surface area contributed by atoms with Gasteiger partial charge in [-0.25, -0.2) is 0 Å². The van der Waals surface area contributed by atoms with Crippen LogP contribution in [0.4, 0.5) is 0 Å². The van der Waals surface area contributed by atoms with Crippen molar-refractivity contribution in [2.45, 2.75) is 277 Å². The Kier molecular flexibility index (Phi) is 53.4. The third kappa shape index (κ3) is 53.5. The van der Waals surface area contributed by atoms with E-state index in [1.54, 1.807) is 0 Å². The van der Waals surface area contributed by atoms with Gasteiger partial charge in [-0.3, -0.25) is 14.4 Å². The molecule has 0 rings (SSSR count). The van der Waals surface area contributed by atoms with Crippen molar-refractivity contribution in [3.8, 4) is 0 Å². The normalized spacial score (nSPS) is 12.7. The maximum atomic E-state index is 12.8. The van der Waals surface area contributed by atoms with Crippen LogP contribution >= 0.6 is 0 Å². The summed E-state index contributed by atoms with van der Waals surface area (Å²) in [6.07, 6.45) is 72.9. The lowest BCUT2D eigenvalue weighted by molar-refractivity contribution is -0.166. The fraction of sp³-hybridized carbons (Fsp3) is 0.726. The molecule has 0 fully saturated rings. The second-order valence-corrected chi connectivity index (χ2v) is 18.9. The van der Waals surface area contributed by atoms with Gasteiger partial charge in [-0.1, -0.05) is 247 Å². The molecule has 0 aromatic carbocycles. The standard InChI is InChI=1S/C62H106O6/c1-4-7-10-13-16-19-22-25-27-29-31-33-34-37-40-43-46-49-52-55-61(64)67-58-59(57-66-60(63)54-51-48-45-42-39-36-24-21-18-15-12-9-6-3)68-62(65)56-53-50-47-44-41-38-35-32-30-28-26-23-20-17-14-11-8-5-2/h16,19,22-23,25-26,28,30,32,35-36,39,45,48,59H,4-15,17-18,20-21,24,27,29,31,33-34,37-38,40-44,46-47,49-58H2,1-3H3/b19-16+,25-22+,26-23+,30-28+,35-32+,39-36+,48-45+. The van der Waals surface area contributed by atoms with Crippen LogP contribution in [0.2, 0.25) is 0 Å². The second kappa shape index (κ2) is 56.2. The summed E-state index contributed by atoms with van der Waals surface area (Å²) in [6.45, 7) is 6.53. The Hall–Kier alpha value is -3.41. The number of hydrogen-bond acceptors (Lipinski definition) is 6. The average molecular weight is 948 g/mol. The Bertz CT molecular complexity index is 1320. The molecule has 0 radical (unpaired) electrons. The molecule has 0 aliphatic rings. The van der Waals surface area contributed by atoms with E-state index in [1.165, 1.54) is 148 Å². The first kappa shape index (κ1) is 64.6. The minimum Gasteiger partial charge on any atom is -0.462 e. The molecular weight excluding hydrogens is 841 g/mol. The van der Waals surface area contributed by atoms with Crippen molar-refractivity contribution in [2.75, 3.05) is 13.2 Å². The summed E-state index contributed by atoms with van der Waals surface area (Å²) in [5.41, 5.74) is 0. The number of carbonyl (C=O) groups excluding carboxylic acids is 3. The van der Waals surface area contributed by atoms with E-state index in [4.69, 9.17) is 14.2 Å². The quantitative estimate of drug-likeness (QED) is 0.0199. The zero-order valence-electron chi connectivity index (χ0n) is 44.6. The van der Waals surface area contributed by atoms with Crippen LogP contribution in [0.5, 0.6) is 0 Å². The molecule has 0 saturated heterocycles. The number of carbonyl (C=O) groups is 3. The van der Waals surface area contributed by atoms with E-state index in [9.17, 15) is 14.4 Å². The van der Waals surface area contributed by atoms with Gasteiger partial charge in [0.1, 0.15) is 13.2 Å². The molecule has 0 heterocycles. The molecule has 1 atom stereocenters. The lowest BCUT2D eigenvalue weighted by Gasteiger charge is -2.18. The number of esters is 3. The number of hydrogen-bond donors (Lipinski definition) is 0. The predicted molar refractivity (Wildman–Crippen MR) is 293 cm³/mol. The van der Waals surface area contributed by atoms with Crippen LogP contribution in [0, 0.1) is 0 Å². The summed E-state index contributed by atoms with van der Waals surface area (Å²) in [6, 6.07) is 0. The summed E-state index contributed by atoms with van der Waals surface area (Å²) in [5.74, 6) is -0.993. The fourth-order valence-electron chi connectivity index (χ4n) is 7.84. The van der Waals surface area contributed by atoms with E-state index in [0.717, 1.165) is 77.0 Å². The van der Waals surface area contributed by atoms with Crippen LogP contribution in [-0.4, -0.2) is 37.2 Å². The lowest BCUT2D eigenvalue weighted by atomic mass is 10.1. The van der Waals surface area contributed by atoms with E-state index in [1.807, 2.05) is 6.08 Å². The second-order valence-electron chi connectivity index (χ2n) is 18.9. The van der Waals surface area contributed by atoms with Crippen LogP contribution < -0.4 is 0 Å². The smallest absolute Gasteiger partial charge is 0.306 e. The van der Waals surface area contributed by atoms with Crippen molar-refractivity contribution in [1.82, 2.24) is 0 Å². The van der Waals surface area contributed by atoms with Gasteiger partial charge in [0.2, 0.25) is 0 Å². The van der Waals surface area contributed by atoms with Gasteiger partial charge in [0.15, 0.2) is 6.10 Å². The van der Waals surface area contributed by atoms with E-state index in [-0.39, 0.29) is 37.5 Å². The van der Waals surface area contributed by atoms with Gasteiger partial charge < -0.3 is 14.2 Å². The Morgan fingerprint density at radius 2 is 0.618 bits per heavy atom. The fourth-order valence-corrected chi connectivity index (χ4v) is 7.84. The molecule has 0 N–H and O–H groups in total. The van der Waals surface area contributed by atoms with E-state index in [0.29, 0.717) is 19.3 Å². The third-order valence-corrected chi connectivity index (χ3v) is 12.2. The Morgan fingerprint density at radius 1 is 0.309 bits per heavy atom. The highest BCUT2D eigenvalue weighted by Gasteiger charge is 2.19. The molecule has 68 heavy (non-hydrogen) atoms. The highest BCUT2D eigenvalue weighted by Crippen LogP contribution is 2.14. The summed E-state index contributed by atoms with van der Waals surface area (Å²) in [5, 5.41) is 0. The van der Waals surface area contributed by atoms with Crippen LogP contribution in [0.1, 0.15) is 271 Å². The Morgan fingerprint density at radius 3 is 1.06 bits per heavy atom. The molecule has 0 aliphatic heterocycles. The molecule has 0 aromatic heterocycles. The largest absolute Gasteiger partial charge is 0.462 e. The number of unbranched alkanes of at least 4 members (excludes halogenated alkanes) is 29. The van der Waals surface area contributed by atoms with Crippen molar-refractivity contribution in [2.24, 2.45) is 0 Å². The van der Waals surface area contributed by atoms with Crippen LogP contribution in [0.25, 0.3) is 0 Å². The number of ether oxygens (including phenoxy) is 3. The first-order valence-electron chi connectivity index (χ1n) is 28.6. The van der Waals surface area contributed by atoms with Gasteiger partial charge in [0, 0.05) is 19.3 Å². The molecule has 0 amide bonds. The molecule has 0 aliphatic carbocycles. The van der Waals surface area contributed by atoms with Gasteiger partial charge in [0.25, 0.3) is 0 Å². The van der Waals surface area contributed by atoms with Crippen LogP contribution in [0.15, 0.2) is 85.1 Å². The summed E-state index contributed by atoms with van der Waals surface area (Å²) in [4.78, 5) is 38.1. The third-order valence-electron chi connectivity index (χ3n) is 12.2. The van der Waals surface area contributed by atoms with Crippen molar-refractivity contribution in [1.29, 1.82) is 0 Å². The Labute approximate surface area is 420 Å². The molecule has 0 saturated carbocycles. The van der Waals surface area contributed by atoms with Crippen LogP contribution in [-0.2, 0) is 28.6 Å². The predicted octanol–water partition coefficient (Wildman–Crippen LogP) is 19.2. The minimum atomic E-state index is -0.812. The van der Waals surface area contributed by atoms with Crippen molar-refractivity contribution in [3.05, 3.63) is 85.1 Å². The van der Waals surface area contributed by atoms with Crippen molar-refractivity contribution < 1.29 is 28.6 Å². The summed E-state index contributed by atoms with van der Waals surface area (Å²) in [7, 11) is 0. The maximum absolute atomic E-state index is 12.8. The van der Waals surface area contributed by atoms with Gasteiger partial charge in [-0.05, 0) is 89.9 Å². The highest BCUT2D eigenvalue weighted by molar-refractivity contribution is 5.71. The van der Waals surface area contributed by atoms with Crippen molar-refractivity contribution >= 4 is 17.9 Å². The van der Waals surface area contributed by atoms with Gasteiger partial charge in [0.05, 0.1) is 0 Å². The number of rotatable bonds is 51. The topological polar surface area (TPSA) is 78.9 Å². The Balaban J connectivity index is 4.46. The van der Waals surface area contributed by atoms with E-state index >= 15 is 0 Å². The molecule has 0 spiro atoms. The first-order chi connectivity index (χ1) is 33.5. The van der Waals surface area contributed by atoms with Gasteiger partial charge in [-0.15, -0.1) is 0 Å². The highest BCUT2D eigenvalue weighted by atomic mass is 16.6. The summed E-state index contributed by atoms with van der Waals surface area (Å²) >= 11 is 0. The average Bonchev–Trinajstić information content (AvgIpc) is 3.34. The zero-order valence-corrected chi connectivity index (χ0v) is 44.6. The first-order valence-corrected chi connectivity index (χ1v) is 28.6. The number of allylic oxidation sites excluding steroid dienone is 14. The molecule has 0 aromatic rings. The maximum Gasteiger partial charge on any atom is 0.306 e. The molecule has 6 heteroatoms. The van der Waals surface area contributed by atoms with Crippen LogP contribution in [0.3, 0.4) is 0 Å². The van der Waals surface area contributed by atoms with Gasteiger partial charge >= 0.3 is 17.9 Å². The summed E-state index contributed by atoms with van der Waals surface area (Å²) < 4.78 is 16.8. The molecule has 0 bridgehead atoms. The minimum absolute atomic E-state index is 0.104. The molecule has 6 nitrogen and oxygen atoms in total. The zero-order chi connectivity index (χ0) is 49.3. The molecule has 1 unspecified atom stereocenters.